The summed E-state index contributed by atoms with van der Waals surface area (Å²) in [5, 5.41) is 0. The number of hydrogen-bond donors (Lipinski definition) is 0. The molecule has 22 heavy (non-hydrogen) atoms. The van der Waals surface area contributed by atoms with Gasteiger partial charge in [0.2, 0.25) is 0 Å². The van der Waals surface area contributed by atoms with E-state index in [-0.39, 0.29) is 6.10 Å². The molecule has 0 N–H and O–H groups in total. The molecule has 4 atom stereocenters. The van der Waals surface area contributed by atoms with Crippen LogP contribution >= 0.6 is 0 Å². The van der Waals surface area contributed by atoms with E-state index in [0.717, 1.165) is 12.3 Å². The molecule has 0 fully saturated rings. The van der Waals surface area contributed by atoms with Gasteiger partial charge in [0.25, 0.3) is 0 Å². The highest BCUT2D eigenvalue weighted by molar-refractivity contribution is 5.40. The Morgan fingerprint density at radius 3 is 2.32 bits per heavy atom. The predicted molar refractivity (Wildman–Crippen MR) is 93.6 cm³/mol. The highest BCUT2D eigenvalue weighted by Gasteiger charge is 2.33. The van der Waals surface area contributed by atoms with Crippen molar-refractivity contribution in [1.29, 1.82) is 0 Å². The average Bonchev–Trinajstić information content (AvgIpc) is 2.44. The Balaban J connectivity index is 2.70. The van der Waals surface area contributed by atoms with Gasteiger partial charge >= 0.3 is 0 Å². The van der Waals surface area contributed by atoms with Gasteiger partial charge in [-0.25, -0.2) is 0 Å². The van der Waals surface area contributed by atoms with Crippen molar-refractivity contribution in [3.05, 3.63) is 28.6 Å². The topological polar surface area (TPSA) is 22.1 Å². The smallest absolute Gasteiger partial charge is 0.0579 e. The molecule has 1 aliphatic heterocycles. The maximum absolute atomic E-state index is 6.23. The van der Waals surface area contributed by atoms with Crippen LogP contribution in [0.2, 0.25) is 0 Å². The zero-order valence-electron chi connectivity index (χ0n) is 15.6. The van der Waals surface area contributed by atoms with Crippen LogP contribution in [0.25, 0.3) is 0 Å². The Morgan fingerprint density at radius 1 is 1.14 bits per heavy atom. The SMILES string of the molecule is Cc1cc(C(C)C)c2c(n1)[C@@H](C)[C@@H](C)[C@@H](C)OCC2C(C)C. The van der Waals surface area contributed by atoms with E-state index in [1.165, 1.54) is 16.8 Å². The largest absolute Gasteiger partial charge is 0.378 e. The van der Waals surface area contributed by atoms with Crippen molar-refractivity contribution in [2.24, 2.45) is 11.8 Å². The van der Waals surface area contributed by atoms with Crippen LogP contribution in [-0.2, 0) is 4.74 Å². The second-order valence-electron chi connectivity index (χ2n) is 7.84. The van der Waals surface area contributed by atoms with Crippen molar-refractivity contribution in [2.75, 3.05) is 6.61 Å². The van der Waals surface area contributed by atoms with Gasteiger partial charge in [-0.2, -0.15) is 0 Å². The first-order chi connectivity index (χ1) is 10.2. The molecule has 124 valence electrons. The molecule has 0 amide bonds. The summed E-state index contributed by atoms with van der Waals surface area (Å²) >= 11 is 0. The molecular weight excluding hydrogens is 270 g/mol. The molecular formula is C20H33NO. The minimum atomic E-state index is 0.286. The number of nitrogens with zero attached hydrogens (tertiary/aromatic N) is 1. The van der Waals surface area contributed by atoms with Crippen LogP contribution in [0.15, 0.2) is 6.07 Å². The minimum absolute atomic E-state index is 0.286. The van der Waals surface area contributed by atoms with Gasteiger partial charge in [-0.15, -0.1) is 0 Å². The summed E-state index contributed by atoms with van der Waals surface area (Å²) in [6.07, 6.45) is 0.286. The number of rotatable bonds is 2. The number of fused-ring (bicyclic) bond motifs is 1. The van der Waals surface area contributed by atoms with Crippen molar-refractivity contribution < 1.29 is 4.74 Å². The maximum atomic E-state index is 6.23. The zero-order chi connectivity index (χ0) is 16.6. The van der Waals surface area contributed by atoms with E-state index >= 15 is 0 Å². The van der Waals surface area contributed by atoms with Gasteiger partial charge in [-0.3, -0.25) is 4.98 Å². The summed E-state index contributed by atoms with van der Waals surface area (Å²) in [4.78, 5) is 5.00. The van der Waals surface area contributed by atoms with Crippen molar-refractivity contribution in [2.45, 2.75) is 79.2 Å². The van der Waals surface area contributed by atoms with Crippen LogP contribution in [0, 0.1) is 18.8 Å². The molecule has 2 nitrogen and oxygen atoms in total. The van der Waals surface area contributed by atoms with Crippen LogP contribution in [0.4, 0.5) is 0 Å². The van der Waals surface area contributed by atoms with E-state index in [0.29, 0.717) is 29.6 Å². The van der Waals surface area contributed by atoms with Crippen molar-refractivity contribution in [1.82, 2.24) is 4.98 Å². The average molecular weight is 303 g/mol. The molecule has 2 heterocycles. The molecule has 1 aliphatic rings. The highest BCUT2D eigenvalue weighted by atomic mass is 16.5. The van der Waals surface area contributed by atoms with Gasteiger partial charge in [-0.05, 0) is 48.8 Å². The molecule has 2 heteroatoms. The fourth-order valence-corrected chi connectivity index (χ4v) is 3.63. The van der Waals surface area contributed by atoms with Crippen molar-refractivity contribution >= 4 is 0 Å². The summed E-state index contributed by atoms with van der Waals surface area (Å²) in [6.45, 7) is 19.0. The Morgan fingerprint density at radius 2 is 1.77 bits per heavy atom. The van der Waals surface area contributed by atoms with Gasteiger partial charge in [0.1, 0.15) is 0 Å². The van der Waals surface area contributed by atoms with Crippen molar-refractivity contribution in [3.8, 4) is 0 Å². The number of aryl methyl sites for hydroxylation is 1. The van der Waals surface area contributed by atoms with Crippen molar-refractivity contribution in [3.63, 3.8) is 0 Å². The summed E-state index contributed by atoms with van der Waals surface area (Å²) in [6, 6.07) is 2.29. The minimum Gasteiger partial charge on any atom is -0.378 e. The molecule has 1 aromatic heterocycles. The summed E-state index contributed by atoms with van der Waals surface area (Å²) in [7, 11) is 0. The molecule has 2 rings (SSSR count). The lowest BCUT2D eigenvalue weighted by Crippen LogP contribution is -2.32. The number of hydrogen-bond acceptors (Lipinski definition) is 2. The van der Waals surface area contributed by atoms with Crippen LogP contribution < -0.4 is 0 Å². The first-order valence-electron chi connectivity index (χ1n) is 8.86. The molecule has 1 unspecified atom stereocenters. The second kappa shape index (κ2) is 6.70. The van der Waals surface area contributed by atoms with Crippen LogP contribution in [-0.4, -0.2) is 17.7 Å². The lowest BCUT2D eigenvalue weighted by Gasteiger charge is -2.37. The van der Waals surface area contributed by atoms with E-state index < -0.39 is 0 Å². The van der Waals surface area contributed by atoms with Gasteiger partial charge in [-0.1, -0.05) is 41.5 Å². The molecule has 0 saturated heterocycles. The maximum Gasteiger partial charge on any atom is 0.0579 e. The first kappa shape index (κ1) is 17.5. The number of aromatic nitrogens is 1. The zero-order valence-corrected chi connectivity index (χ0v) is 15.6. The van der Waals surface area contributed by atoms with E-state index in [4.69, 9.17) is 9.72 Å². The normalized spacial score (nSPS) is 29.4. The van der Waals surface area contributed by atoms with Gasteiger partial charge in [0.05, 0.1) is 12.7 Å². The lowest BCUT2D eigenvalue weighted by molar-refractivity contribution is 0.00351. The van der Waals surface area contributed by atoms with Gasteiger partial charge in [0, 0.05) is 23.2 Å². The first-order valence-corrected chi connectivity index (χ1v) is 8.86. The van der Waals surface area contributed by atoms with Crippen LogP contribution in [0.5, 0.6) is 0 Å². The molecule has 0 spiro atoms. The monoisotopic (exact) mass is 303 g/mol. The summed E-state index contributed by atoms with van der Waals surface area (Å²) < 4.78 is 6.23. The predicted octanol–water partition coefficient (Wildman–Crippen LogP) is 5.41. The Bertz CT molecular complexity index is 521. The fourth-order valence-electron chi connectivity index (χ4n) is 3.63. The molecule has 1 aromatic rings. The Labute approximate surface area is 136 Å². The third-order valence-corrected chi connectivity index (χ3v) is 5.54. The Hall–Kier alpha value is -0.890. The fraction of sp³-hybridized carbons (Fsp3) is 0.750. The molecule has 0 radical (unpaired) electrons. The molecule has 0 bridgehead atoms. The standard InChI is InChI=1S/C20H33NO/c1-11(2)17-9-13(5)21-20-15(7)14(6)16(8)22-10-18(12(3)4)19(17)20/h9,11-12,14-16,18H,10H2,1-8H3/t14-,15+,16-,18?/m1/s1. The third-order valence-electron chi connectivity index (χ3n) is 5.54. The summed E-state index contributed by atoms with van der Waals surface area (Å²) in [5.41, 5.74) is 5.42. The molecule has 0 aromatic carbocycles. The van der Waals surface area contributed by atoms with E-state index in [1.54, 1.807) is 0 Å². The van der Waals surface area contributed by atoms with Gasteiger partial charge < -0.3 is 4.74 Å². The highest BCUT2D eigenvalue weighted by Crippen LogP contribution is 2.41. The van der Waals surface area contributed by atoms with Crippen LogP contribution in [0.1, 0.15) is 88.7 Å². The second-order valence-corrected chi connectivity index (χ2v) is 7.84. The van der Waals surface area contributed by atoms with Gasteiger partial charge in [0.15, 0.2) is 0 Å². The van der Waals surface area contributed by atoms with E-state index in [9.17, 15) is 0 Å². The summed E-state index contributed by atoms with van der Waals surface area (Å²) in [5.74, 6) is 2.45. The van der Waals surface area contributed by atoms with E-state index in [2.05, 4.69) is 61.5 Å². The molecule has 0 aliphatic carbocycles. The van der Waals surface area contributed by atoms with E-state index in [1.807, 2.05) is 0 Å². The number of ether oxygens (including phenoxy) is 1. The third kappa shape index (κ3) is 3.22. The molecule has 0 saturated carbocycles. The lowest BCUT2D eigenvalue weighted by atomic mass is 9.76. The van der Waals surface area contributed by atoms with Crippen LogP contribution in [0.3, 0.4) is 0 Å². The quantitative estimate of drug-likeness (QED) is 0.728. The number of pyridine rings is 1. The Kier molecular flexibility index (Phi) is 5.32.